The number of rotatable bonds is 6. The summed E-state index contributed by atoms with van der Waals surface area (Å²) in [5, 5.41) is 14.0. The highest BCUT2D eigenvalue weighted by molar-refractivity contribution is 7.98. The quantitative estimate of drug-likeness (QED) is 0.754. The van der Waals surface area contributed by atoms with Gasteiger partial charge in [-0.05, 0) is 24.9 Å². The van der Waals surface area contributed by atoms with Crippen molar-refractivity contribution in [3.05, 3.63) is 11.9 Å². The third kappa shape index (κ3) is 3.14. The van der Waals surface area contributed by atoms with Gasteiger partial charge in [0.1, 0.15) is 5.69 Å². The van der Waals surface area contributed by atoms with Crippen molar-refractivity contribution in [1.29, 1.82) is 0 Å². The van der Waals surface area contributed by atoms with Gasteiger partial charge in [0.15, 0.2) is 5.75 Å². The van der Waals surface area contributed by atoms with Gasteiger partial charge in [-0.25, -0.2) is 0 Å². The molecule has 86 valence electrons. The van der Waals surface area contributed by atoms with Crippen LogP contribution < -0.4 is 4.74 Å². The highest BCUT2D eigenvalue weighted by atomic mass is 32.2. The van der Waals surface area contributed by atoms with E-state index < -0.39 is 6.10 Å². The molecule has 0 aliphatic rings. The average Bonchev–Trinajstić information content (AvgIpc) is 2.59. The van der Waals surface area contributed by atoms with Gasteiger partial charge in [0.25, 0.3) is 0 Å². The lowest BCUT2D eigenvalue weighted by Crippen LogP contribution is -2.07. The zero-order valence-corrected chi connectivity index (χ0v) is 10.3. The normalized spacial score (nSPS) is 12.8. The van der Waals surface area contributed by atoms with Crippen LogP contribution in [0.2, 0.25) is 0 Å². The van der Waals surface area contributed by atoms with Gasteiger partial charge < -0.3 is 9.84 Å². The van der Waals surface area contributed by atoms with Gasteiger partial charge in [-0.1, -0.05) is 0 Å². The Labute approximate surface area is 94.6 Å². The first-order chi connectivity index (χ1) is 7.20. The summed E-state index contributed by atoms with van der Waals surface area (Å²) >= 11 is 1.79. The number of aromatic nitrogens is 2. The Morgan fingerprint density at radius 3 is 3.00 bits per heavy atom. The van der Waals surface area contributed by atoms with E-state index in [2.05, 4.69) is 11.4 Å². The molecule has 4 nitrogen and oxygen atoms in total. The summed E-state index contributed by atoms with van der Waals surface area (Å²) in [6, 6.07) is 0. The average molecular weight is 230 g/mol. The number of aryl methyl sites for hydroxylation is 1. The summed E-state index contributed by atoms with van der Waals surface area (Å²) < 4.78 is 6.81. The molecule has 1 atom stereocenters. The Bertz CT molecular complexity index is 302. The van der Waals surface area contributed by atoms with Crippen LogP contribution in [0, 0.1) is 0 Å². The van der Waals surface area contributed by atoms with Crippen molar-refractivity contribution >= 4 is 11.8 Å². The van der Waals surface area contributed by atoms with Crippen LogP contribution in [-0.2, 0) is 7.05 Å². The van der Waals surface area contributed by atoms with Crippen molar-refractivity contribution in [3.63, 3.8) is 0 Å². The van der Waals surface area contributed by atoms with E-state index in [9.17, 15) is 5.11 Å². The molecule has 0 fully saturated rings. The number of hydrogen-bond donors (Lipinski definition) is 1. The number of hydrogen-bond acceptors (Lipinski definition) is 4. The first kappa shape index (κ1) is 12.4. The molecule has 0 aliphatic carbocycles. The van der Waals surface area contributed by atoms with Crippen LogP contribution in [0.3, 0.4) is 0 Å². The van der Waals surface area contributed by atoms with Gasteiger partial charge in [-0.15, -0.1) is 0 Å². The second-order valence-electron chi connectivity index (χ2n) is 3.37. The fourth-order valence-corrected chi connectivity index (χ4v) is 1.98. The maximum Gasteiger partial charge on any atom is 0.162 e. The fraction of sp³-hybridized carbons (Fsp3) is 0.700. The summed E-state index contributed by atoms with van der Waals surface area (Å²) in [4.78, 5) is 0. The molecule has 1 unspecified atom stereocenters. The molecule has 5 heteroatoms. The number of methoxy groups -OCH3 is 1. The van der Waals surface area contributed by atoms with E-state index in [-0.39, 0.29) is 0 Å². The smallest absolute Gasteiger partial charge is 0.162 e. The van der Waals surface area contributed by atoms with E-state index in [0.29, 0.717) is 5.75 Å². The van der Waals surface area contributed by atoms with E-state index in [1.807, 2.05) is 7.05 Å². The van der Waals surface area contributed by atoms with E-state index in [4.69, 9.17) is 4.74 Å². The molecule has 0 spiro atoms. The number of thioether (sulfide) groups is 1. The Kier molecular flexibility index (Phi) is 4.98. The molecule has 1 N–H and O–H groups in total. The van der Waals surface area contributed by atoms with Crippen LogP contribution in [0.4, 0.5) is 0 Å². The summed E-state index contributed by atoms with van der Waals surface area (Å²) in [6.45, 7) is 0. The third-order valence-electron chi connectivity index (χ3n) is 2.31. The van der Waals surface area contributed by atoms with Crippen LogP contribution in [0.1, 0.15) is 24.6 Å². The molecular weight excluding hydrogens is 212 g/mol. The summed E-state index contributed by atoms with van der Waals surface area (Å²) in [7, 11) is 3.41. The van der Waals surface area contributed by atoms with E-state index in [0.717, 1.165) is 24.3 Å². The van der Waals surface area contributed by atoms with Gasteiger partial charge in [0, 0.05) is 7.05 Å². The minimum Gasteiger partial charge on any atom is -0.493 e. The first-order valence-electron chi connectivity index (χ1n) is 4.93. The minimum absolute atomic E-state index is 0.486. The van der Waals surface area contributed by atoms with Crippen LogP contribution in [0.5, 0.6) is 5.75 Å². The van der Waals surface area contributed by atoms with Crippen LogP contribution in [-0.4, -0.2) is 34.0 Å². The molecule has 0 bridgehead atoms. The topological polar surface area (TPSA) is 47.3 Å². The lowest BCUT2D eigenvalue weighted by Gasteiger charge is -2.12. The Hall–Kier alpha value is -0.680. The summed E-state index contributed by atoms with van der Waals surface area (Å²) in [5.74, 6) is 1.73. The lowest BCUT2D eigenvalue weighted by atomic mass is 10.1. The first-order valence-corrected chi connectivity index (χ1v) is 6.33. The summed E-state index contributed by atoms with van der Waals surface area (Å²) in [5.41, 5.74) is 0.763. The van der Waals surface area contributed by atoms with E-state index in [1.165, 1.54) is 0 Å². The minimum atomic E-state index is -0.486. The second kappa shape index (κ2) is 6.02. The van der Waals surface area contributed by atoms with Crippen molar-refractivity contribution < 1.29 is 9.84 Å². The van der Waals surface area contributed by atoms with Crippen molar-refractivity contribution in [2.24, 2.45) is 7.05 Å². The lowest BCUT2D eigenvalue weighted by molar-refractivity contribution is 0.153. The third-order valence-corrected chi connectivity index (χ3v) is 3.01. The van der Waals surface area contributed by atoms with Crippen LogP contribution in [0.25, 0.3) is 0 Å². The predicted molar refractivity (Wildman–Crippen MR) is 62.3 cm³/mol. The maximum absolute atomic E-state index is 9.98. The zero-order chi connectivity index (χ0) is 11.3. The van der Waals surface area contributed by atoms with Gasteiger partial charge in [-0.2, -0.15) is 16.9 Å². The van der Waals surface area contributed by atoms with Gasteiger partial charge >= 0.3 is 0 Å². The number of nitrogens with zero attached hydrogens (tertiary/aromatic N) is 2. The highest BCUT2D eigenvalue weighted by Crippen LogP contribution is 2.27. The van der Waals surface area contributed by atoms with Crippen LogP contribution >= 0.6 is 11.8 Å². The molecule has 0 aromatic carbocycles. The monoisotopic (exact) mass is 230 g/mol. The Morgan fingerprint density at radius 1 is 1.67 bits per heavy atom. The number of aliphatic hydroxyl groups excluding tert-OH is 1. The Balaban J connectivity index is 2.63. The number of ether oxygens (including phenoxy) is 1. The second-order valence-corrected chi connectivity index (χ2v) is 4.36. The highest BCUT2D eigenvalue weighted by Gasteiger charge is 2.17. The number of aliphatic hydroxyl groups is 1. The molecule has 1 aromatic rings. The molecule has 1 rings (SSSR count). The standard InChI is InChI=1S/C10H18N2O2S/c1-12-10(9(14-2)7-11-12)8(13)5-4-6-15-3/h7-8,13H,4-6H2,1-3H3. The fourth-order valence-electron chi connectivity index (χ4n) is 1.52. The maximum atomic E-state index is 9.98. The summed E-state index contributed by atoms with van der Waals surface area (Å²) in [6.07, 6.45) is 4.96. The predicted octanol–water partition coefficient (Wildman–Crippen LogP) is 1.61. The molecule has 1 heterocycles. The van der Waals surface area contributed by atoms with E-state index >= 15 is 0 Å². The van der Waals surface area contributed by atoms with Crippen molar-refractivity contribution in [1.82, 2.24) is 9.78 Å². The molecule has 0 amide bonds. The van der Waals surface area contributed by atoms with Gasteiger partial charge in [0.05, 0.1) is 19.4 Å². The molecule has 0 aliphatic heterocycles. The van der Waals surface area contributed by atoms with E-state index in [1.54, 1.807) is 29.8 Å². The molecular formula is C10H18N2O2S. The molecule has 1 aromatic heterocycles. The zero-order valence-electron chi connectivity index (χ0n) is 9.43. The van der Waals surface area contributed by atoms with Crippen molar-refractivity contribution in [3.8, 4) is 5.75 Å². The van der Waals surface area contributed by atoms with Gasteiger partial charge in [-0.3, -0.25) is 4.68 Å². The van der Waals surface area contributed by atoms with Crippen LogP contribution in [0.15, 0.2) is 6.20 Å². The van der Waals surface area contributed by atoms with Gasteiger partial charge in [0.2, 0.25) is 0 Å². The molecule has 0 saturated carbocycles. The molecule has 15 heavy (non-hydrogen) atoms. The Morgan fingerprint density at radius 2 is 2.40 bits per heavy atom. The molecule has 0 saturated heterocycles. The SMILES string of the molecule is COc1cnn(C)c1C(O)CCCSC. The largest absolute Gasteiger partial charge is 0.493 e. The van der Waals surface area contributed by atoms with Crippen molar-refractivity contribution in [2.75, 3.05) is 19.1 Å². The van der Waals surface area contributed by atoms with Crippen molar-refractivity contribution in [2.45, 2.75) is 18.9 Å². The molecule has 0 radical (unpaired) electrons.